The Hall–Kier alpha value is -1.89. The Morgan fingerprint density at radius 1 is 1.47 bits per heavy atom. The summed E-state index contributed by atoms with van der Waals surface area (Å²) in [6, 6.07) is 2.06. The van der Waals surface area contributed by atoms with Crippen molar-refractivity contribution in [2.45, 2.75) is 19.4 Å². The van der Waals surface area contributed by atoms with Crippen LogP contribution in [0.4, 0.5) is 0 Å². The van der Waals surface area contributed by atoms with E-state index < -0.39 is 30.2 Å². The van der Waals surface area contributed by atoms with Crippen LogP contribution in [0.15, 0.2) is 12.1 Å². The molecular formula is C10H12N2O4S. The van der Waals surface area contributed by atoms with Crippen molar-refractivity contribution in [3.05, 3.63) is 21.9 Å². The number of primary amides is 1. The van der Waals surface area contributed by atoms with Crippen LogP contribution in [0, 0.1) is 6.92 Å². The first kappa shape index (κ1) is 13.2. The summed E-state index contributed by atoms with van der Waals surface area (Å²) in [5.74, 6) is -2.58. The molecule has 0 unspecified atom stereocenters. The van der Waals surface area contributed by atoms with Crippen LogP contribution < -0.4 is 11.1 Å². The van der Waals surface area contributed by atoms with Crippen molar-refractivity contribution in [3.8, 4) is 0 Å². The first-order valence-electron chi connectivity index (χ1n) is 4.78. The van der Waals surface area contributed by atoms with Gasteiger partial charge in [-0.05, 0) is 19.1 Å². The van der Waals surface area contributed by atoms with E-state index in [-0.39, 0.29) is 0 Å². The lowest BCUT2D eigenvalue weighted by Crippen LogP contribution is -2.43. The number of nitrogens with two attached hydrogens (primary N) is 1. The molecule has 4 N–H and O–H groups in total. The molecule has 1 heterocycles. The predicted octanol–water partition coefficient (Wildman–Crippen LogP) is 0.115. The van der Waals surface area contributed by atoms with Gasteiger partial charge in [-0.1, -0.05) is 0 Å². The van der Waals surface area contributed by atoms with Gasteiger partial charge in [0.1, 0.15) is 6.04 Å². The normalized spacial score (nSPS) is 11.8. The van der Waals surface area contributed by atoms with Gasteiger partial charge in [-0.2, -0.15) is 0 Å². The van der Waals surface area contributed by atoms with E-state index in [4.69, 9.17) is 10.8 Å². The predicted molar refractivity (Wildman–Crippen MR) is 61.8 cm³/mol. The highest BCUT2D eigenvalue weighted by molar-refractivity contribution is 7.13. The second kappa shape index (κ2) is 5.44. The third-order valence-corrected chi connectivity index (χ3v) is 2.97. The number of nitrogens with one attached hydrogen (secondary N) is 1. The Balaban J connectivity index is 2.70. The Bertz CT molecular complexity index is 455. The van der Waals surface area contributed by atoms with Crippen LogP contribution in [0.25, 0.3) is 0 Å². The quantitative estimate of drug-likeness (QED) is 0.694. The average molecular weight is 256 g/mol. The minimum Gasteiger partial charge on any atom is -0.480 e. The van der Waals surface area contributed by atoms with Crippen LogP contribution in [-0.2, 0) is 9.59 Å². The van der Waals surface area contributed by atoms with Gasteiger partial charge in [0.2, 0.25) is 5.91 Å². The topological polar surface area (TPSA) is 109 Å². The van der Waals surface area contributed by atoms with Gasteiger partial charge in [0, 0.05) is 4.88 Å². The lowest BCUT2D eigenvalue weighted by molar-refractivity contribution is -0.140. The van der Waals surface area contributed by atoms with Gasteiger partial charge in [-0.15, -0.1) is 11.3 Å². The van der Waals surface area contributed by atoms with Gasteiger partial charge in [-0.3, -0.25) is 9.59 Å². The molecule has 0 spiro atoms. The number of carbonyl (C=O) groups excluding carboxylic acids is 2. The fourth-order valence-electron chi connectivity index (χ4n) is 1.19. The van der Waals surface area contributed by atoms with Crippen LogP contribution in [0.3, 0.4) is 0 Å². The number of carbonyl (C=O) groups is 3. The lowest BCUT2D eigenvalue weighted by atomic mass is 10.2. The first-order valence-corrected chi connectivity index (χ1v) is 5.60. The zero-order valence-corrected chi connectivity index (χ0v) is 9.91. The summed E-state index contributed by atoms with van der Waals surface area (Å²) < 4.78 is 0. The maximum absolute atomic E-state index is 11.6. The molecule has 92 valence electrons. The van der Waals surface area contributed by atoms with Gasteiger partial charge >= 0.3 is 5.97 Å². The molecule has 0 radical (unpaired) electrons. The molecule has 1 aromatic rings. The van der Waals surface area contributed by atoms with Crippen molar-refractivity contribution < 1.29 is 19.5 Å². The van der Waals surface area contributed by atoms with Crippen LogP contribution in [-0.4, -0.2) is 28.9 Å². The Kier molecular flexibility index (Phi) is 4.22. The van der Waals surface area contributed by atoms with E-state index in [9.17, 15) is 14.4 Å². The minimum atomic E-state index is -1.29. The molecule has 7 heteroatoms. The highest BCUT2D eigenvalue weighted by Crippen LogP contribution is 2.14. The molecule has 0 saturated heterocycles. The van der Waals surface area contributed by atoms with E-state index in [1.807, 2.05) is 6.92 Å². The number of thiophene rings is 1. The zero-order chi connectivity index (χ0) is 13.0. The molecule has 17 heavy (non-hydrogen) atoms. The Morgan fingerprint density at radius 2 is 2.12 bits per heavy atom. The number of carboxylic acid groups (broad SMARTS) is 1. The summed E-state index contributed by atoms with van der Waals surface area (Å²) in [6.45, 7) is 1.83. The van der Waals surface area contributed by atoms with Gasteiger partial charge in [0.15, 0.2) is 0 Å². The van der Waals surface area contributed by atoms with Gasteiger partial charge in [-0.25, -0.2) is 4.79 Å². The van der Waals surface area contributed by atoms with Crippen molar-refractivity contribution in [2.24, 2.45) is 5.73 Å². The van der Waals surface area contributed by atoms with Crippen molar-refractivity contribution in [1.29, 1.82) is 0 Å². The molecule has 0 aliphatic heterocycles. The summed E-state index contributed by atoms with van der Waals surface area (Å²) in [5, 5.41) is 11.1. The molecule has 1 aromatic heterocycles. The number of aliphatic carboxylic acids is 1. The molecule has 1 rings (SSSR count). The third kappa shape index (κ3) is 3.87. The molecule has 0 aliphatic rings. The maximum atomic E-state index is 11.6. The van der Waals surface area contributed by atoms with E-state index in [2.05, 4.69) is 5.32 Å². The van der Waals surface area contributed by atoms with Crippen LogP contribution >= 0.6 is 11.3 Å². The van der Waals surface area contributed by atoms with Gasteiger partial charge < -0.3 is 16.2 Å². The largest absolute Gasteiger partial charge is 0.480 e. The number of rotatable bonds is 5. The number of aryl methyl sites for hydroxylation is 1. The third-order valence-electron chi connectivity index (χ3n) is 1.97. The van der Waals surface area contributed by atoms with Crippen molar-refractivity contribution in [2.75, 3.05) is 0 Å². The Labute approximate surface area is 101 Å². The Morgan fingerprint density at radius 3 is 2.53 bits per heavy atom. The maximum Gasteiger partial charge on any atom is 0.326 e. The highest BCUT2D eigenvalue weighted by Gasteiger charge is 2.23. The molecule has 1 atom stereocenters. The summed E-state index contributed by atoms with van der Waals surface area (Å²) >= 11 is 1.25. The average Bonchev–Trinajstić information content (AvgIpc) is 2.63. The molecule has 0 fully saturated rings. The van der Waals surface area contributed by atoms with Gasteiger partial charge in [0.25, 0.3) is 5.91 Å². The first-order chi connectivity index (χ1) is 7.90. The fourth-order valence-corrected chi connectivity index (χ4v) is 1.96. The highest BCUT2D eigenvalue weighted by atomic mass is 32.1. The van der Waals surface area contributed by atoms with Crippen molar-refractivity contribution in [3.63, 3.8) is 0 Å². The smallest absolute Gasteiger partial charge is 0.326 e. The summed E-state index contributed by atoms with van der Waals surface area (Å²) in [4.78, 5) is 34.4. The minimum absolute atomic E-state index is 0.401. The van der Waals surface area contributed by atoms with E-state index >= 15 is 0 Å². The zero-order valence-electron chi connectivity index (χ0n) is 9.10. The molecule has 0 aliphatic carbocycles. The number of amides is 2. The molecule has 0 bridgehead atoms. The van der Waals surface area contributed by atoms with Crippen LogP contribution in [0.1, 0.15) is 21.0 Å². The second-order valence-corrected chi connectivity index (χ2v) is 4.73. The summed E-state index contributed by atoms with van der Waals surface area (Å²) in [5.41, 5.74) is 4.90. The standard InChI is InChI=1S/C10H12N2O4S/c1-5-2-3-7(17-5)9(14)12-6(10(15)16)4-8(11)13/h2-3,6H,4H2,1H3,(H2,11,13)(H,12,14)(H,15,16)/t6-/m0/s1. The molecule has 0 aromatic carbocycles. The van der Waals surface area contributed by atoms with Crippen LogP contribution in [0.2, 0.25) is 0 Å². The monoisotopic (exact) mass is 256 g/mol. The van der Waals surface area contributed by atoms with E-state index in [1.54, 1.807) is 12.1 Å². The molecule has 6 nitrogen and oxygen atoms in total. The summed E-state index contributed by atoms with van der Waals surface area (Å²) in [6.07, 6.45) is -0.425. The lowest BCUT2D eigenvalue weighted by Gasteiger charge is -2.11. The molecular weight excluding hydrogens is 244 g/mol. The summed E-state index contributed by atoms with van der Waals surface area (Å²) in [7, 11) is 0. The van der Waals surface area contributed by atoms with E-state index in [0.717, 1.165) is 4.88 Å². The number of hydrogen-bond acceptors (Lipinski definition) is 4. The van der Waals surface area contributed by atoms with Gasteiger partial charge in [0.05, 0.1) is 11.3 Å². The van der Waals surface area contributed by atoms with E-state index in [1.165, 1.54) is 11.3 Å². The van der Waals surface area contributed by atoms with Crippen molar-refractivity contribution >= 4 is 29.1 Å². The second-order valence-electron chi connectivity index (χ2n) is 3.45. The van der Waals surface area contributed by atoms with Crippen LogP contribution in [0.5, 0.6) is 0 Å². The van der Waals surface area contributed by atoms with Crippen molar-refractivity contribution in [1.82, 2.24) is 5.32 Å². The molecule has 2 amide bonds. The number of carboxylic acids is 1. The molecule has 0 saturated carbocycles. The van der Waals surface area contributed by atoms with E-state index in [0.29, 0.717) is 4.88 Å². The SMILES string of the molecule is Cc1ccc(C(=O)N[C@@H](CC(N)=O)C(=O)O)s1. The number of hydrogen-bond donors (Lipinski definition) is 3. The fraction of sp³-hybridized carbons (Fsp3) is 0.300.